The molecule has 0 bridgehead atoms. The molecule has 1 heterocycles. The number of benzene rings is 1. The molecule has 0 atom stereocenters. The van der Waals surface area contributed by atoms with Crippen molar-refractivity contribution in [1.82, 2.24) is 9.97 Å². The van der Waals surface area contributed by atoms with Crippen LogP contribution in [0, 0.1) is 0 Å². The van der Waals surface area contributed by atoms with E-state index in [2.05, 4.69) is 47.5 Å². The van der Waals surface area contributed by atoms with Crippen molar-refractivity contribution < 1.29 is 9.53 Å². The Morgan fingerprint density at radius 1 is 1.32 bits per heavy atom. The van der Waals surface area contributed by atoms with Crippen LogP contribution in [0.15, 0.2) is 28.7 Å². The van der Waals surface area contributed by atoms with Gasteiger partial charge in [-0.15, -0.1) is 0 Å². The molecule has 1 aromatic heterocycles. The zero-order valence-corrected chi connectivity index (χ0v) is 13.9. The number of esters is 1. The second-order valence-corrected chi connectivity index (χ2v) is 5.71. The van der Waals surface area contributed by atoms with E-state index in [4.69, 9.17) is 11.6 Å². The molecule has 0 fully saturated rings. The first-order valence-corrected chi connectivity index (χ1v) is 7.24. The molecule has 0 aliphatic heterocycles. The van der Waals surface area contributed by atoms with Gasteiger partial charge in [0.25, 0.3) is 0 Å². The van der Waals surface area contributed by atoms with Crippen LogP contribution >= 0.6 is 27.5 Å². The minimum atomic E-state index is -0.585. The molecule has 0 amide bonds. The molecule has 96 valence electrons. The quantitative estimate of drug-likeness (QED) is 0.572. The molecular formula is C12H7AsBrClN2O2. The van der Waals surface area contributed by atoms with Gasteiger partial charge in [-0.3, -0.25) is 0 Å². The van der Waals surface area contributed by atoms with Crippen LogP contribution in [0.1, 0.15) is 10.5 Å². The molecule has 0 saturated heterocycles. The van der Waals surface area contributed by atoms with Crippen LogP contribution in [0.5, 0.6) is 0 Å². The zero-order chi connectivity index (χ0) is 14.0. The molecule has 0 aliphatic carbocycles. The van der Waals surface area contributed by atoms with Crippen LogP contribution in [-0.2, 0) is 4.74 Å². The molecular weight excluding hydrogens is 394 g/mol. The minimum absolute atomic E-state index is 0.0627. The SMILES string of the molecule is COC(=O)c1nc(-c2ccc(Br)cc2)nc([As])c1Cl. The van der Waals surface area contributed by atoms with Gasteiger partial charge in [-0.2, -0.15) is 0 Å². The molecule has 0 aliphatic rings. The number of carbonyl (C=O) groups excluding carboxylic acids is 1. The van der Waals surface area contributed by atoms with Crippen LogP contribution < -0.4 is 4.48 Å². The molecule has 0 saturated carbocycles. The zero-order valence-electron chi connectivity index (χ0n) is 9.72. The summed E-state index contributed by atoms with van der Waals surface area (Å²) in [7, 11) is 1.28. The fourth-order valence-electron chi connectivity index (χ4n) is 1.40. The average Bonchev–Trinajstić information content (AvgIpc) is 2.41. The predicted molar refractivity (Wildman–Crippen MR) is 76.9 cm³/mol. The number of rotatable bonds is 2. The van der Waals surface area contributed by atoms with E-state index in [-0.39, 0.29) is 10.7 Å². The van der Waals surface area contributed by atoms with Crippen molar-refractivity contribution in [2.75, 3.05) is 7.11 Å². The second-order valence-electron chi connectivity index (χ2n) is 3.53. The fraction of sp³-hybridized carbons (Fsp3) is 0.0833. The van der Waals surface area contributed by atoms with Gasteiger partial charge in [-0.1, -0.05) is 0 Å². The third-order valence-electron chi connectivity index (χ3n) is 2.31. The molecule has 4 nitrogen and oxygen atoms in total. The van der Waals surface area contributed by atoms with Crippen molar-refractivity contribution in [3.05, 3.63) is 39.5 Å². The number of hydrogen-bond donors (Lipinski definition) is 0. The van der Waals surface area contributed by atoms with Gasteiger partial charge in [0, 0.05) is 0 Å². The molecule has 1 aromatic carbocycles. The van der Waals surface area contributed by atoms with Gasteiger partial charge in [0.1, 0.15) is 0 Å². The summed E-state index contributed by atoms with van der Waals surface area (Å²) < 4.78 is 6.08. The Labute approximate surface area is 132 Å². The van der Waals surface area contributed by atoms with E-state index in [1.807, 2.05) is 24.3 Å². The Morgan fingerprint density at radius 3 is 2.53 bits per heavy atom. The summed E-state index contributed by atoms with van der Waals surface area (Å²) in [6, 6.07) is 7.44. The Hall–Kier alpha value is -0.902. The van der Waals surface area contributed by atoms with Gasteiger partial charge in [0.2, 0.25) is 0 Å². The molecule has 2 aromatic rings. The first-order valence-electron chi connectivity index (χ1n) is 5.13. The Morgan fingerprint density at radius 2 is 1.95 bits per heavy atom. The molecule has 0 N–H and O–H groups in total. The van der Waals surface area contributed by atoms with E-state index in [9.17, 15) is 4.79 Å². The third-order valence-corrected chi connectivity index (χ3v) is 4.17. The predicted octanol–water partition coefficient (Wildman–Crippen LogP) is 2.14. The fourth-order valence-corrected chi connectivity index (χ4v) is 2.24. The van der Waals surface area contributed by atoms with E-state index in [0.29, 0.717) is 10.3 Å². The van der Waals surface area contributed by atoms with Gasteiger partial charge < -0.3 is 0 Å². The number of hydrogen-bond acceptors (Lipinski definition) is 4. The molecule has 0 unspecified atom stereocenters. The number of nitrogens with zero attached hydrogens (tertiary/aromatic N) is 2. The first-order chi connectivity index (χ1) is 9.02. The van der Waals surface area contributed by atoms with E-state index in [0.717, 1.165) is 10.0 Å². The standard InChI is InChI=1S/C12H7AsBrClN2O2/c1-19-12(18)9-8(15)10(13)17-11(16-9)6-2-4-7(14)5-3-6/h2-5H,1H3. The second kappa shape index (κ2) is 6.03. The number of aromatic nitrogens is 2. The Kier molecular flexibility index (Phi) is 4.61. The maximum atomic E-state index is 11.6. The van der Waals surface area contributed by atoms with Gasteiger partial charge >= 0.3 is 132 Å². The summed E-state index contributed by atoms with van der Waals surface area (Å²) in [6.07, 6.45) is 0. The molecule has 7 heteroatoms. The number of ether oxygens (including phenoxy) is 1. The normalized spacial score (nSPS) is 10.3. The summed E-state index contributed by atoms with van der Waals surface area (Å²) in [5.41, 5.74) is 0.852. The van der Waals surface area contributed by atoms with Crippen LogP contribution in [-0.4, -0.2) is 39.9 Å². The van der Waals surface area contributed by atoms with E-state index < -0.39 is 5.97 Å². The average molecular weight is 401 g/mol. The van der Waals surface area contributed by atoms with Crippen molar-refractivity contribution in [2.24, 2.45) is 0 Å². The Bertz CT molecular complexity index is 634. The summed E-state index contributed by atoms with van der Waals surface area (Å²) in [4.78, 5) is 20.0. The molecule has 2 rings (SSSR count). The van der Waals surface area contributed by atoms with Crippen LogP contribution in [0.3, 0.4) is 0 Å². The summed E-state index contributed by atoms with van der Waals surface area (Å²) in [6.45, 7) is 0. The topological polar surface area (TPSA) is 52.1 Å². The summed E-state index contributed by atoms with van der Waals surface area (Å²) in [5, 5.41) is 0.188. The van der Waals surface area contributed by atoms with Crippen molar-refractivity contribution >= 4 is 54.8 Å². The van der Waals surface area contributed by atoms with Crippen LogP contribution in [0.2, 0.25) is 5.02 Å². The number of carbonyl (C=O) groups is 1. The van der Waals surface area contributed by atoms with Crippen LogP contribution in [0.25, 0.3) is 11.4 Å². The van der Waals surface area contributed by atoms with E-state index in [1.54, 1.807) is 0 Å². The molecule has 19 heavy (non-hydrogen) atoms. The van der Waals surface area contributed by atoms with Crippen molar-refractivity contribution in [3.63, 3.8) is 0 Å². The van der Waals surface area contributed by atoms with Gasteiger partial charge in [0.05, 0.1) is 0 Å². The number of methoxy groups -OCH3 is 1. The molecule has 0 spiro atoms. The third kappa shape index (κ3) is 3.16. The van der Waals surface area contributed by atoms with Gasteiger partial charge in [0.15, 0.2) is 0 Å². The van der Waals surface area contributed by atoms with Crippen molar-refractivity contribution in [2.45, 2.75) is 0 Å². The van der Waals surface area contributed by atoms with Crippen LogP contribution in [0.4, 0.5) is 0 Å². The summed E-state index contributed by atoms with van der Waals surface area (Å²) in [5.74, 6) is -0.161. The number of halogens is 2. The van der Waals surface area contributed by atoms with E-state index in [1.165, 1.54) is 7.11 Å². The Balaban J connectivity index is 2.56. The monoisotopic (exact) mass is 400 g/mol. The van der Waals surface area contributed by atoms with E-state index >= 15 is 0 Å². The van der Waals surface area contributed by atoms with Crippen molar-refractivity contribution in [1.29, 1.82) is 0 Å². The van der Waals surface area contributed by atoms with Gasteiger partial charge in [-0.25, -0.2) is 0 Å². The maximum absolute atomic E-state index is 11.6. The van der Waals surface area contributed by atoms with Gasteiger partial charge in [-0.05, 0) is 0 Å². The molecule has 2 radical (unpaired) electrons. The summed E-state index contributed by atoms with van der Waals surface area (Å²) >= 11 is 11.6. The van der Waals surface area contributed by atoms with Crippen molar-refractivity contribution in [3.8, 4) is 11.4 Å². The first kappa shape index (κ1) is 14.5.